The lowest BCUT2D eigenvalue weighted by molar-refractivity contribution is -0.142. The molecule has 1 aromatic heterocycles. The molecular formula is C16H15N3O2. The summed E-state index contributed by atoms with van der Waals surface area (Å²) < 4.78 is 0. The minimum atomic E-state index is -1.32. The first-order valence-corrected chi connectivity index (χ1v) is 6.41. The number of carbonyl (C=O) groups is 1. The Labute approximate surface area is 122 Å². The predicted molar refractivity (Wildman–Crippen MR) is 78.7 cm³/mol. The number of benzene rings is 1. The van der Waals surface area contributed by atoms with Crippen LogP contribution in [0.25, 0.3) is 0 Å². The van der Waals surface area contributed by atoms with Crippen molar-refractivity contribution in [3.63, 3.8) is 0 Å². The average Bonchev–Trinajstić information content (AvgIpc) is 2.47. The minimum Gasteiger partial charge on any atom is -0.479 e. The van der Waals surface area contributed by atoms with Crippen LogP contribution in [0.4, 0.5) is 5.82 Å². The van der Waals surface area contributed by atoms with Gasteiger partial charge >= 0.3 is 5.97 Å². The van der Waals surface area contributed by atoms with E-state index in [0.29, 0.717) is 22.6 Å². The number of hydrogen-bond donors (Lipinski definition) is 2. The van der Waals surface area contributed by atoms with Gasteiger partial charge in [-0.05, 0) is 31.5 Å². The van der Waals surface area contributed by atoms with E-state index in [-0.39, 0.29) is 0 Å². The van der Waals surface area contributed by atoms with Gasteiger partial charge in [-0.1, -0.05) is 30.3 Å². The molecule has 2 N–H and O–H groups in total. The normalized spacial score (nSPS) is 13.0. The van der Waals surface area contributed by atoms with Crippen LogP contribution in [0.2, 0.25) is 0 Å². The summed E-state index contributed by atoms with van der Waals surface area (Å²) >= 11 is 0. The van der Waals surface area contributed by atoms with Crippen LogP contribution in [-0.2, 0) is 10.3 Å². The van der Waals surface area contributed by atoms with Gasteiger partial charge in [-0.2, -0.15) is 5.26 Å². The molecule has 0 spiro atoms. The minimum absolute atomic E-state index is 0.361. The molecule has 21 heavy (non-hydrogen) atoms. The predicted octanol–water partition coefficient (Wildman–Crippen LogP) is 2.67. The molecule has 0 aliphatic rings. The molecule has 1 unspecified atom stereocenters. The number of rotatable bonds is 4. The van der Waals surface area contributed by atoms with Crippen molar-refractivity contribution in [1.29, 1.82) is 5.26 Å². The van der Waals surface area contributed by atoms with E-state index in [1.807, 2.05) is 12.1 Å². The highest BCUT2D eigenvalue weighted by atomic mass is 16.4. The molecule has 1 atom stereocenters. The van der Waals surface area contributed by atoms with E-state index < -0.39 is 11.5 Å². The van der Waals surface area contributed by atoms with Crippen molar-refractivity contribution in [2.75, 3.05) is 5.32 Å². The maximum atomic E-state index is 11.7. The summed E-state index contributed by atoms with van der Waals surface area (Å²) in [7, 11) is 0. The van der Waals surface area contributed by atoms with Crippen LogP contribution in [0.15, 0.2) is 42.5 Å². The van der Waals surface area contributed by atoms with Crippen molar-refractivity contribution in [3.05, 3.63) is 59.3 Å². The molecule has 2 aromatic rings. The SMILES string of the molecule is Cc1cc(C#N)cc(NC(C)(C(=O)O)c2ccccc2)n1. The Bertz CT molecular complexity index is 707. The van der Waals surface area contributed by atoms with Gasteiger partial charge in [0.05, 0.1) is 11.6 Å². The Morgan fingerprint density at radius 2 is 2.00 bits per heavy atom. The average molecular weight is 281 g/mol. The zero-order valence-electron chi connectivity index (χ0n) is 11.8. The maximum absolute atomic E-state index is 11.7. The van der Waals surface area contributed by atoms with Crippen molar-refractivity contribution >= 4 is 11.8 Å². The van der Waals surface area contributed by atoms with Crippen LogP contribution in [0.1, 0.15) is 23.7 Å². The molecule has 0 aliphatic heterocycles. The number of carboxylic acids is 1. The van der Waals surface area contributed by atoms with E-state index >= 15 is 0 Å². The highest BCUT2D eigenvalue weighted by molar-refractivity contribution is 5.83. The van der Waals surface area contributed by atoms with E-state index in [0.717, 1.165) is 0 Å². The number of nitrogens with one attached hydrogen (secondary N) is 1. The standard InChI is InChI=1S/C16H15N3O2/c1-11-8-12(10-17)9-14(18-11)19-16(2,15(20)21)13-6-4-3-5-7-13/h3-9H,1-2H3,(H,18,19)(H,20,21). The highest BCUT2D eigenvalue weighted by Crippen LogP contribution is 2.26. The number of anilines is 1. The zero-order valence-corrected chi connectivity index (χ0v) is 11.8. The number of aliphatic carboxylic acids is 1. The molecule has 0 amide bonds. The lowest BCUT2D eigenvalue weighted by Crippen LogP contribution is -2.40. The second-order valence-electron chi connectivity index (χ2n) is 4.92. The third-order valence-electron chi connectivity index (χ3n) is 3.24. The Kier molecular flexibility index (Phi) is 3.90. The molecule has 0 aliphatic carbocycles. The Morgan fingerprint density at radius 3 is 2.57 bits per heavy atom. The maximum Gasteiger partial charge on any atom is 0.333 e. The van der Waals surface area contributed by atoms with Crippen molar-refractivity contribution in [1.82, 2.24) is 4.98 Å². The fourth-order valence-corrected chi connectivity index (χ4v) is 2.07. The smallest absolute Gasteiger partial charge is 0.333 e. The summed E-state index contributed by atoms with van der Waals surface area (Å²) in [6.45, 7) is 3.33. The summed E-state index contributed by atoms with van der Waals surface area (Å²) in [5, 5.41) is 21.5. The lowest BCUT2D eigenvalue weighted by atomic mass is 9.92. The molecule has 0 fully saturated rings. The molecular weight excluding hydrogens is 266 g/mol. The van der Waals surface area contributed by atoms with Gasteiger partial charge in [-0.25, -0.2) is 9.78 Å². The van der Waals surface area contributed by atoms with Crippen LogP contribution in [0, 0.1) is 18.3 Å². The van der Waals surface area contributed by atoms with Gasteiger partial charge in [-0.3, -0.25) is 0 Å². The Balaban J connectivity index is 2.45. The largest absolute Gasteiger partial charge is 0.479 e. The number of nitriles is 1. The fourth-order valence-electron chi connectivity index (χ4n) is 2.07. The van der Waals surface area contributed by atoms with Crippen LogP contribution < -0.4 is 5.32 Å². The Hall–Kier alpha value is -2.87. The van der Waals surface area contributed by atoms with E-state index in [2.05, 4.69) is 10.3 Å². The van der Waals surface area contributed by atoms with Crippen molar-refractivity contribution in [3.8, 4) is 6.07 Å². The summed E-state index contributed by atoms with van der Waals surface area (Å²) in [6.07, 6.45) is 0. The van der Waals surface area contributed by atoms with Gasteiger partial charge in [0.25, 0.3) is 0 Å². The van der Waals surface area contributed by atoms with Crippen molar-refractivity contribution < 1.29 is 9.90 Å². The second-order valence-corrected chi connectivity index (χ2v) is 4.92. The first-order chi connectivity index (χ1) is 9.95. The van der Waals surface area contributed by atoms with Gasteiger partial charge < -0.3 is 10.4 Å². The molecule has 0 saturated heterocycles. The first kappa shape index (κ1) is 14.5. The van der Waals surface area contributed by atoms with Crippen LogP contribution in [-0.4, -0.2) is 16.1 Å². The quantitative estimate of drug-likeness (QED) is 0.899. The topological polar surface area (TPSA) is 86.0 Å². The van der Waals surface area contributed by atoms with Crippen LogP contribution in [0.5, 0.6) is 0 Å². The van der Waals surface area contributed by atoms with Gasteiger partial charge in [0.2, 0.25) is 0 Å². The van der Waals surface area contributed by atoms with E-state index in [9.17, 15) is 9.90 Å². The molecule has 0 bridgehead atoms. The third-order valence-corrected chi connectivity index (χ3v) is 3.24. The number of carboxylic acid groups (broad SMARTS) is 1. The molecule has 0 saturated carbocycles. The second kappa shape index (κ2) is 5.63. The number of hydrogen-bond acceptors (Lipinski definition) is 4. The summed E-state index contributed by atoms with van der Waals surface area (Å²) in [5.74, 6) is -0.657. The van der Waals surface area contributed by atoms with Crippen molar-refractivity contribution in [2.45, 2.75) is 19.4 Å². The van der Waals surface area contributed by atoms with E-state index in [1.165, 1.54) is 6.07 Å². The molecule has 1 aromatic carbocycles. The van der Waals surface area contributed by atoms with Gasteiger partial charge in [0, 0.05) is 5.69 Å². The zero-order chi connectivity index (χ0) is 15.5. The Morgan fingerprint density at radius 1 is 1.33 bits per heavy atom. The van der Waals surface area contributed by atoms with E-state index in [4.69, 9.17) is 5.26 Å². The molecule has 2 rings (SSSR count). The monoisotopic (exact) mass is 281 g/mol. The first-order valence-electron chi connectivity index (χ1n) is 6.41. The fraction of sp³-hybridized carbons (Fsp3) is 0.188. The van der Waals surface area contributed by atoms with Gasteiger partial charge in [0.15, 0.2) is 5.54 Å². The van der Waals surface area contributed by atoms with E-state index in [1.54, 1.807) is 44.2 Å². The molecule has 5 nitrogen and oxygen atoms in total. The van der Waals surface area contributed by atoms with Gasteiger partial charge in [-0.15, -0.1) is 0 Å². The summed E-state index contributed by atoms with van der Waals surface area (Å²) in [5.41, 5.74) is 0.372. The molecule has 0 radical (unpaired) electrons. The van der Waals surface area contributed by atoms with Crippen LogP contribution >= 0.6 is 0 Å². The lowest BCUT2D eigenvalue weighted by Gasteiger charge is -2.27. The summed E-state index contributed by atoms with van der Waals surface area (Å²) in [6, 6.07) is 14.1. The molecule has 5 heteroatoms. The number of aromatic nitrogens is 1. The van der Waals surface area contributed by atoms with Crippen LogP contribution in [0.3, 0.4) is 0 Å². The summed E-state index contributed by atoms with van der Waals surface area (Å²) in [4.78, 5) is 16.0. The van der Waals surface area contributed by atoms with Gasteiger partial charge in [0.1, 0.15) is 5.82 Å². The number of nitrogens with zero attached hydrogens (tertiary/aromatic N) is 2. The molecule has 1 heterocycles. The number of pyridine rings is 1. The third kappa shape index (κ3) is 3.00. The molecule has 106 valence electrons. The number of aryl methyl sites for hydroxylation is 1. The van der Waals surface area contributed by atoms with Crippen molar-refractivity contribution in [2.24, 2.45) is 0 Å². The highest BCUT2D eigenvalue weighted by Gasteiger charge is 2.35.